The third-order valence-corrected chi connectivity index (χ3v) is 2.61. The summed E-state index contributed by atoms with van der Waals surface area (Å²) in [7, 11) is 0. The second-order valence-electron chi connectivity index (χ2n) is 3.36. The fraction of sp³-hybridized carbons (Fsp3) is 0.231. The van der Waals surface area contributed by atoms with Gasteiger partial charge in [-0.1, -0.05) is 24.8 Å². The lowest BCUT2D eigenvalue weighted by atomic mass is 10.2. The molecule has 1 atom stereocenters. The minimum Gasteiger partial charge on any atom is -0.485 e. The first-order chi connectivity index (χ1) is 7.58. The number of hydrogen-bond donors (Lipinski definition) is 0. The van der Waals surface area contributed by atoms with Crippen LogP contribution in [0.4, 0.5) is 4.39 Å². The molecule has 0 aliphatic rings. The summed E-state index contributed by atoms with van der Waals surface area (Å²) in [6, 6.07) is 2.83. The largest absolute Gasteiger partial charge is 0.485 e. The van der Waals surface area contributed by atoms with Crippen LogP contribution >= 0.6 is 15.9 Å². The first-order valence-electron chi connectivity index (χ1n) is 4.99. The van der Waals surface area contributed by atoms with Gasteiger partial charge < -0.3 is 4.74 Å². The number of ether oxygens (including phenoxy) is 1. The maximum Gasteiger partial charge on any atom is 0.141 e. The lowest BCUT2D eigenvalue weighted by molar-refractivity contribution is 0.267. The molecule has 1 unspecified atom stereocenters. The van der Waals surface area contributed by atoms with E-state index in [1.165, 1.54) is 12.1 Å². The van der Waals surface area contributed by atoms with Crippen molar-refractivity contribution in [1.82, 2.24) is 0 Å². The van der Waals surface area contributed by atoms with Gasteiger partial charge in [-0.05, 0) is 41.9 Å². The topological polar surface area (TPSA) is 9.23 Å². The molecule has 0 radical (unpaired) electrons. The molecule has 0 heterocycles. The minimum atomic E-state index is -0.293. The number of hydrogen-bond acceptors (Lipinski definition) is 1. The Morgan fingerprint density at radius 1 is 1.50 bits per heavy atom. The second kappa shape index (κ2) is 5.85. The molecular weight excluding hydrogens is 271 g/mol. The first-order valence-corrected chi connectivity index (χ1v) is 5.78. The Hall–Kier alpha value is -1.09. The summed E-state index contributed by atoms with van der Waals surface area (Å²) in [4.78, 5) is 0. The molecule has 3 heteroatoms. The summed E-state index contributed by atoms with van der Waals surface area (Å²) in [5, 5.41) is 0. The van der Waals surface area contributed by atoms with Gasteiger partial charge in [0.1, 0.15) is 17.7 Å². The maximum atomic E-state index is 13.2. The van der Waals surface area contributed by atoms with Crippen molar-refractivity contribution < 1.29 is 9.13 Å². The average Bonchev–Trinajstić information content (AvgIpc) is 2.23. The summed E-state index contributed by atoms with van der Waals surface area (Å²) in [5.41, 5.74) is 0.711. The van der Waals surface area contributed by atoms with Crippen molar-refractivity contribution in [1.29, 1.82) is 0 Å². The SMILES string of the molecule is C=CC(C)Oc1c(Br)cc(F)cc1C=CC. The predicted molar refractivity (Wildman–Crippen MR) is 69.1 cm³/mol. The van der Waals surface area contributed by atoms with E-state index < -0.39 is 0 Å². The van der Waals surface area contributed by atoms with Crippen LogP contribution in [0.25, 0.3) is 6.08 Å². The van der Waals surface area contributed by atoms with E-state index in [1.54, 1.807) is 12.2 Å². The zero-order chi connectivity index (χ0) is 12.1. The molecule has 0 amide bonds. The monoisotopic (exact) mass is 284 g/mol. The lowest BCUT2D eigenvalue weighted by Crippen LogP contribution is -2.09. The normalized spacial score (nSPS) is 12.8. The quantitative estimate of drug-likeness (QED) is 0.736. The van der Waals surface area contributed by atoms with Crippen LogP contribution in [0.2, 0.25) is 0 Å². The van der Waals surface area contributed by atoms with Crippen molar-refractivity contribution in [3.05, 3.63) is 46.7 Å². The maximum absolute atomic E-state index is 13.2. The minimum absolute atomic E-state index is 0.120. The standard InChI is InChI=1S/C13H14BrFO/c1-4-6-10-7-11(15)8-12(14)13(10)16-9(3)5-2/h4-9H,2H2,1,3H3. The van der Waals surface area contributed by atoms with E-state index in [4.69, 9.17) is 4.74 Å². The average molecular weight is 285 g/mol. The molecule has 1 aromatic carbocycles. The Morgan fingerprint density at radius 2 is 2.19 bits per heavy atom. The fourth-order valence-electron chi connectivity index (χ4n) is 1.24. The molecular formula is C13H14BrFO. The van der Waals surface area contributed by atoms with E-state index in [-0.39, 0.29) is 11.9 Å². The molecule has 0 aliphatic heterocycles. The molecule has 86 valence electrons. The van der Waals surface area contributed by atoms with Crippen LogP contribution in [0.5, 0.6) is 5.75 Å². The summed E-state index contributed by atoms with van der Waals surface area (Å²) < 4.78 is 19.5. The Morgan fingerprint density at radius 3 is 2.75 bits per heavy atom. The van der Waals surface area contributed by atoms with Crippen molar-refractivity contribution in [3.63, 3.8) is 0 Å². The summed E-state index contributed by atoms with van der Waals surface area (Å²) in [6.07, 6.45) is 5.21. The van der Waals surface area contributed by atoms with Crippen molar-refractivity contribution in [2.24, 2.45) is 0 Å². The molecule has 0 saturated carbocycles. The van der Waals surface area contributed by atoms with Gasteiger partial charge in [-0.15, -0.1) is 0 Å². The molecule has 1 aromatic rings. The number of benzene rings is 1. The number of allylic oxidation sites excluding steroid dienone is 1. The van der Waals surface area contributed by atoms with Gasteiger partial charge in [0.05, 0.1) is 4.47 Å². The molecule has 0 fully saturated rings. The van der Waals surface area contributed by atoms with Crippen molar-refractivity contribution in [2.45, 2.75) is 20.0 Å². The first kappa shape index (κ1) is 13.0. The molecule has 0 spiro atoms. The molecule has 0 aromatic heterocycles. The van der Waals surface area contributed by atoms with Gasteiger partial charge in [0.2, 0.25) is 0 Å². The van der Waals surface area contributed by atoms with Gasteiger partial charge in [-0.25, -0.2) is 4.39 Å². The Balaban J connectivity index is 3.18. The van der Waals surface area contributed by atoms with Crippen LogP contribution in [-0.4, -0.2) is 6.10 Å². The third-order valence-electron chi connectivity index (χ3n) is 2.02. The highest BCUT2D eigenvalue weighted by molar-refractivity contribution is 9.10. The van der Waals surface area contributed by atoms with Crippen molar-refractivity contribution >= 4 is 22.0 Å². The van der Waals surface area contributed by atoms with Crippen LogP contribution in [0.15, 0.2) is 35.3 Å². The van der Waals surface area contributed by atoms with Gasteiger partial charge in [0.15, 0.2) is 0 Å². The van der Waals surface area contributed by atoms with Crippen molar-refractivity contribution in [3.8, 4) is 5.75 Å². The molecule has 0 aliphatic carbocycles. The highest BCUT2D eigenvalue weighted by atomic mass is 79.9. The van der Waals surface area contributed by atoms with Crippen LogP contribution < -0.4 is 4.74 Å². The van der Waals surface area contributed by atoms with E-state index in [0.717, 1.165) is 0 Å². The highest BCUT2D eigenvalue weighted by Crippen LogP contribution is 2.32. The van der Waals surface area contributed by atoms with Gasteiger partial charge in [0.25, 0.3) is 0 Å². The molecule has 0 saturated heterocycles. The Bertz CT molecular complexity index is 413. The summed E-state index contributed by atoms with van der Waals surface area (Å²) in [5.74, 6) is 0.338. The van der Waals surface area contributed by atoms with Crippen LogP contribution in [0.1, 0.15) is 19.4 Å². The van der Waals surface area contributed by atoms with E-state index in [0.29, 0.717) is 15.8 Å². The molecule has 1 rings (SSSR count). The van der Waals surface area contributed by atoms with Crippen LogP contribution in [-0.2, 0) is 0 Å². The van der Waals surface area contributed by atoms with Gasteiger partial charge >= 0.3 is 0 Å². The molecule has 0 bridgehead atoms. The van der Waals surface area contributed by atoms with E-state index in [1.807, 2.05) is 19.9 Å². The van der Waals surface area contributed by atoms with Gasteiger partial charge in [0, 0.05) is 5.56 Å². The Kier molecular flexibility index (Phi) is 4.74. The van der Waals surface area contributed by atoms with Gasteiger partial charge in [-0.2, -0.15) is 0 Å². The summed E-state index contributed by atoms with van der Waals surface area (Å²) >= 11 is 3.29. The fourth-order valence-corrected chi connectivity index (χ4v) is 1.78. The zero-order valence-electron chi connectivity index (χ0n) is 9.34. The molecule has 0 N–H and O–H groups in total. The van der Waals surface area contributed by atoms with E-state index in [9.17, 15) is 4.39 Å². The highest BCUT2D eigenvalue weighted by Gasteiger charge is 2.10. The summed E-state index contributed by atoms with van der Waals surface area (Å²) in [6.45, 7) is 7.40. The predicted octanol–water partition coefficient (Wildman–Crippen LogP) is 4.57. The van der Waals surface area contributed by atoms with Crippen LogP contribution in [0, 0.1) is 5.82 Å². The molecule has 1 nitrogen and oxygen atoms in total. The van der Waals surface area contributed by atoms with Crippen molar-refractivity contribution in [2.75, 3.05) is 0 Å². The molecule has 16 heavy (non-hydrogen) atoms. The smallest absolute Gasteiger partial charge is 0.141 e. The van der Waals surface area contributed by atoms with Gasteiger partial charge in [-0.3, -0.25) is 0 Å². The van der Waals surface area contributed by atoms with Crippen LogP contribution in [0.3, 0.4) is 0 Å². The lowest BCUT2D eigenvalue weighted by Gasteiger charge is -2.15. The number of rotatable bonds is 4. The third kappa shape index (κ3) is 3.20. The second-order valence-corrected chi connectivity index (χ2v) is 4.22. The van der Waals surface area contributed by atoms with E-state index >= 15 is 0 Å². The number of halogens is 2. The van der Waals surface area contributed by atoms with E-state index in [2.05, 4.69) is 22.5 Å². The zero-order valence-corrected chi connectivity index (χ0v) is 10.9. The Labute approximate surface area is 104 Å².